The van der Waals surface area contributed by atoms with E-state index in [1.807, 2.05) is 6.07 Å². The van der Waals surface area contributed by atoms with Gasteiger partial charge in [-0.05, 0) is 19.4 Å². The molecule has 0 bridgehead atoms. The summed E-state index contributed by atoms with van der Waals surface area (Å²) >= 11 is 0. The van der Waals surface area contributed by atoms with Gasteiger partial charge in [0.05, 0.1) is 19.1 Å². The Morgan fingerprint density at radius 1 is 1.10 bits per heavy atom. The number of hydrogen-bond donors (Lipinski definition) is 0. The van der Waals surface area contributed by atoms with Crippen LogP contribution in [0.2, 0.25) is 0 Å². The number of carbonyl (C=O) groups excluding carboxylic acids is 3. The fourth-order valence-corrected chi connectivity index (χ4v) is 2.84. The van der Waals surface area contributed by atoms with Gasteiger partial charge in [-0.25, -0.2) is 0 Å². The van der Waals surface area contributed by atoms with Crippen molar-refractivity contribution in [3.63, 3.8) is 0 Å². The van der Waals surface area contributed by atoms with Crippen molar-refractivity contribution in [3.05, 3.63) is 35.9 Å². The van der Waals surface area contributed by atoms with Crippen molar-refractivity contribution in [1.29, 1.82) is 0 Å². The van der Waals surface area contributed by atoms with Gasteiger partial charge in [0.2, 0.25) is 0 Å². The average Bonchev–Trinajstić information content (AvgIpc) is 3.19. The lowest BCUT2D eigenvalue weighted by Crippen LogP contribution is -2.33. The van der Waals surface area contributed by atoms with Crippen molar-refractivity contribution in [2.24, 2.45) is 11.3 Å². The van der Waals surface area contributed by atoms with Gasteiger partial charge in [0.15, 0.2) is 5.41 Å². The maximum absolute atomic E-state index is 12.3. The van der Waals surface area contributed by atoms with Gasteiger partial charge in [-0.15, -0.1) is 0 Å². The van der Waals surface area contributed by atoms with Crippen LogP contribution in [0.25, 0.3) is 0 Å². The van der Waals surface area contributed by atoms with Gasteiger partial charge >= 0.3 is 11.9 Å². The molecule has 0 heterocycles. The molecular weight excluding hydrogens is 272 g/mol. The fourth-order valence-electron chi connectivity index (χ4n) is 2.84. The smallest absolute Gasteiger partial charge is 0.324 e. The highest BCUT2D eigenvalue weighted by Gasteiger charge is 2.77. The van der Waals surface area contributed by atoms with Crippen LogP contribution in [0.3, 0.4) is 0 Å². The molecule has 1 aromatic rings. The molecule has 1 aliphatic carbocycles. The minimum atomic E-state index is -1.53. The molecule has 112 valence electrons. The molecule has 0 amide bonds. The van der Waals surface area contributed by atoms with Crippen molar-refractivity contribution >= 4 is 18.2 Å². The first-order chi connectivity index (χ1) is 10.1. The molecule has 0 spiro atoms. The maximum Gasteiger partial charge on any atom is 0.324 e. The van der Waals surface area contributed by atoms with Gasteiger partial charge in [-0.1, -0.05) is 30.3 Å². The molecule has 2 rings (SSSR count). The van der Waals surface area contributed by atoms with E-state index in [2.05, 4.69) is 0 Å². The van der Waals surface area contributed by atoms with E-state index in [9.17, 15) is 14.4 Å². The summed E-state index contributed by atoms with van der Waals surface area (Å²) in [6.45, 7) is 3.61. The second-order valence-electron chi connectivity index (χ2n) is 4.86. The van der Waals surface area contributed by atoms with E-state index in [4.69, 9.17) is 9.47 Å². The van der Waals surface area contributed by atoms with Crippen LogP contribution in [0.5, 0.6) is 0 Å². The van der Waals surface area contributed by atoms with Gasteiger partial charge in [0, 0.05) is 5.92 Å². The number of benzene rings is 1. The first-order valence-corrected chi connectivity index (χ1v) is 6.99. The number of esters is 2. The topological polar surface area (TPSA) is 69.7 Å². The Labute approximate surface area is 123 Å². The van der Waals surface area contributed by atoms with Crippen LogP contribution in [0.1, 0.15) is 25.3 Å². The lowest BCUT2D eigenvalue weighted by atomic mass is 9.99. The van der Waals surface area contributed by atoms with Gasteiger partial charge in [-0.3, -0.25) is 9.59 Å². The molecule has 1 aromatic carbocycles. The third-order valence-electron chi connectivity index (χ3n) is 3.80. The summed E-state index contributed by atoms with van der Waals surface area (Å²) in [4.78, 5) is 36.0. The summed E-state index contributed by atoms with van der Waals surface area (Å²) in [5, 5.41) is 0. The molecular formula is C16H18O5. The summed E-state index contributed by atoms with van der Waals surface area (Å²) in [7, 11) is 0. The van der Waals surface area contributed by atoms with Crippen LogP contribution in [-0.4, -0.2) is 31.4 Å². The standard InChI is InChI=1S/C16H18O5/c1-3-20-14(18)16(15(19)21-4-2)12(10-17)13(16)11-8-6-5-7-9-11/h5-10,12-13H,3-4H2,1-2H3/t12-,13+/m1/s1. The van der Waals surface area contributed by atoms with Gasteiger partial charge in [0.25, 0.3) is 0 Å². The first kappa shape index (κ1) is 15.2. The summed E-state index contributed by atoms with van der Waals surface area (Å²) in [5.41, 5.74) is -0.773. The van der Waals surface area contributed by atoms with E-state index < -0.39 is 29.2 Å². The quantitative estimate of drug-likeness (QED) is 0.453. The zero-order valence-electron chi connectivity index (χ0n) is 12.1. The molecule has 0 unspecified atom stereocenters. The van der Waals surface area contributed by atoms with Crippen molar-refractivity contribution in [1.82, 2.24) is 0 Å². The van der Waals surface area contributed by atoms with Gasteiger partial charge in [0.1, 0.15) is 6.29 Å². The number of rotatable bonds is 6. The minimum absolute atomic E-state index is 0.146. The van der Waals surface area contributed by atoms with Gasteiger partial charge in [-0.2, -0.15) is 0 Å². The molecule has 2 atom stereocenters. The van der Waals surface area contributed by atoms with Crippen LogP contribution in [-0.2, 0) is 23.9 Å². The molecule has 1 aliphatic rings. The molecule has 0 aromatic heterocycles. The van der Waals surface area contributed by atoms with Crippen LogP contribution in [0.4, 0.5) is 0 Å². The molecule has 0 saturated heterocycles. The van der Waals surface area contributed by atoms with Crippen molar-refractivity contribution in [3.8, 4) is 0 Å². The predicted molar refractivity (Wildman–Crippen MR) is 74.4 cm³/mol. The van der Waals surface area contributed by atoms with E-state index in [0.717, 1.165) is 5.56 Å². The van der Waals surface area contributed by atoms with Crippen molar-refractivity contribution < 1.29 is 23.9 Å². The van der Waals surface area contributed by atoms with Crippen LogP contribution in [0.15, 0.2) is 30.3 Å². The summed E-state index contributed by atoms with van der Waals surface area (Å²) < 4.78 is 10.0. The Balaban J connectivity index is 2.42. The summed E-state index contributed by atoms with van der Waals surface area (Å²) in [5.74, 6) is -2.63. The second kappa shape index (κ2) is 6.08. The lowest BCUT2D eigenvalue weighted by molar-refractivity contribution is -0.165. The Morgan fingerprint density at radius 2 is 1.62 bits per heavy atom. The molecule has 1 fully saturated rings. The van der Waals surface area contributed by atoms with E-state index in [1.165, 1.54) is 0 Å². The molecule has 0 radical (unpaired) electrons. The van der Waals surface area contributed by atoms with Crippen LogP contribution in [0, 0.1) is 11.3 Å². The van der Waals surface area contributed by atoms with E-state index >= 15 is 0 Å². The normalized spacial score (nSPS) is 22.2. The maximum atomic E-state index is 12.3. The zero-order valence-corrected chi connectivity index (χ0v) is 12.1. The molecule has 5 heteroatoms. The van der Waals surface area contributed by atoms with Crippen LogP contribution < -0.4 is 0 Å². The first-order valence-electron chi connectivity index (χ1n) is 6.99. The fraction of sp³-hybridized carbons (Fsp3) is 0.438. The molecule has 0 N–H and O–H groups in total. The highest BCUT2D eigenvalue weighted by atomic mass is 16.6. The Kier molecular flexibility index (Phi) is 4.40. The van der Waals surface area contributed by atoms with E-state index in [1.54, 1.807) is 38.1 Å². The number of hydrogen-bond acceptors (Lipinski definition) is 5. The van der Waals surface area contributed by atoms with E-state index in [-0.39, 0.29) is 13.2 Å². The second-order valence-corrected chi connectivity index (χ2v) is 4.86. The lowest BCUT2D eigenvalue weighted by Gasteiger charge is -2.14. The predicted octanol–water partition coefficient (Wildman–Crippen LogP) is 1.71. The molecule has 1 saturated carbocycles. The van der Waals surface area contributed by atoms with Crippen LogP contribution >= 0.6 is 0 Å². The summed E-state index contributed by atoms with van der Waals surface area (Å²) in [6.07, 6.45) is 0.644. The monoisotopic (exact) mass is 290 g/mol. The summed E-state index contributed by atoms with van der Waals surface area (Å²) in [6, 6.07) is 9.02. The molecule has 0 aliphatic heterocycles. The Bertz CT molecular complexity index is 519. The zero-order chi connectivity index (χ0) is 15.5. The van der Waals surface area contributed by atoms with Crippen molar-refractivity contribution in [2.45, 2.75) is 19.8 Å². The molecule has 21 heavy (non-hydrogen) atoms. The van der Waals surface area contributed by atoms with Gasteiger partial charge < -0.3 is 14.3 Å². The third-order valence-corrected chi connectivity index (χ3v) is 3.80. The Hall–Kier alpha value is -2.17. The Morgan fingerprint density at radius 3 is 2.05 bits per heavy atom. The highest BCUT2D eigenvalue weighted by molar-refractivity contribution is 6.09. The third kappa shape index (κ3) is 2.33. The number of carbonyl (C=O) groups is 3. The SMILES string of the molecule is CCOC(=O)C1(C(=O)OCC)[C@H](C=O)[C@@H]1c1ccccc1. The minimum Gasteiger partial charge on any atom is -0.465 e. The highest BCUT2D eigenvalue weighted by Crippen LogP contribution is 2.65. The molecule has 5 nitrogen and oxygen atoms in total. The largest absolute Gasteiger partial charge is 0.465 e. The number of aldehydes is 1. The average molecular weight is 290 g/mol. The van der Waals surface area contributed by atoms with E-state index in [0.29, 0.717) is 6.29 Å². The van der Waals surface area contributed by atoms with Crippen molar-refractivity contribution in [2.75, 3.05) is 13.2 Å². The number of ether oxygens (including phenoxy) is 2.